The van der Waals surface area contributed by atoms with Crippen LogP contribution >= 0.6 is 11.3 Å². The number of fused-ring (bicyclic) bond motifs is 3. The SMILES string of the molecule is O=c1nc2sc3ccccc3n2c(=O)n1-c1nc(-c2ccccc2)cc(-c2ccccc2)n1. The maximum atomic E-state index is 13.5. The largest absolute Gasteiger partial charge is 0.361 e. The molecule has 0 aliphatic rings. The number of aromatic nitrogens is 5. The zero-order chi connectivity index (χ0) is 22.4. The van der Waals surface area contributed by atoms with Gasteiger partial charge >= 0.3 is 11.4 Å². The fraction of sp³-hybridized carbons (Fsp3) is 0. The van der Waals surface area contributed by atoms with E-state index in [0.717, 1.165) is 20.4 Å². The molecule has 6 rings (SSSR count). The molecule has 0 N–H and O–H groups in total. The molecule has 0 spiro atoms. The predicted molar refractivity (Wildman–Crippen MR) is 129 cm³/mol. The van der Waals surface area contributed by atoms with E-state index >= 15 is 0 Å². The summed E-state index contributed by atoms with van der Waals surface area (Å²) in [5.74, 6) is -0.0117. The summed E-state index contributed by atoms with van der Waals surface area (Å²) in [6, 6.07) is 28.4. The molecule has 0 saturated carbocycles. The van der Waals surface area contributed by atoms with Gasteiger partial charge in [0, 0.05) is 11.1 Å². The normalized spacial score (nSPS) is 11.3. The molecule has 0 radical (unpaired) electrons. The van der Waals surface area contributed by atoms with Gasteiger partial charge in [-0.15, -0.1) is 0 Å². The molecule has 6 aromatic rings. The summed E-state index contributed by atoms with van der Waals surface area (Å²) >= 11 is 1.29. The molecule has 0 amide bonds. The number of hydrogen-bond donors (Lipinski definition) is 0. The van der Waals surface area contributed by atoms with Crippen LogP contribution in [-0.2, 0) is 0 Å². The molecule has 0 bridgehead atoms. The molecule has 0 fully saturated rings. The van der Waals surface area contributed by atoms with E-state index in [2.05, 4.69) is 15.0 Å². The summed E-state index contributed by atoms with van der Waals surface area (Å²) in [4.78, 5) is 40.2. The minimum Gasteiger partial charge on any atom is -0.246 e. The van der Waals surface area contributed by atoms with Crippen LogP contribution in [0.5, 0.6) is 0 Å². The van der Waals surface area contributed by atoms with Crippen molar-refractivity contribution >= 4 is 26.5 Å². The van der Waals surface area contributed by atoms with Crippen molar-refractivity contribution in [2.24, 2.45) is 0 Å². The van der Waals surface area contributed by atoms with Crippen molar-refractivity contribution in [1.82, 2.24) is 23.9 Å². The first-order valence-electron chi connectivity index (χ1n) is 10.2. The Morgan fingerprint density at radius 3 is 1.88 bits per heavy atom. The molecule has 0 aliphatic carbocycles. The lowest BCUT2D eigenvalue weighted by atomic mass is 10.1. The average molecular weight is 449 g/mol. The molecule has 0 unspecified atom stereocenters. The van der Waals surface area contributed by atoms with Crippen molar-refractivity contribution in [2.75, 3.05) is 0 Å². The molecular formula is C25H15N5O2S. The topological polar surface area (TPSA) is 82.2 Å². The van der Waals surface area contributed by atoms with E-state index in [1.807, 2.05) is 91.0 Å². The third-order valence-corrected chi connectivity index (χ3v) is 6.34. The summed E-state index contributed by atoms with van der Waals surface area (Å²) in [6.45, 7) is 0. The molecule has 7 nitrogen and oxygen atoms in total. The lowest BCUT2D eigenvalue weighted by molar-refractivity contribution is 0.769. The summed E-state index contributed by atoms with van der Waals surface area (Å²) in [7, 11) is 0. The van der Waals surface area contributed by atoms with Crippen molar-refractivity contribution in [3.8, 4) is 28.5 Å². The second-order valence-corrected chi connectivity index (χ2v) is 8.38. The lowest BCUT2D eigenvalue weighted by Gasteiger charge is -2.10. The van der Waals surface area contributed by atoms with Gasteiger partial charge in [0.05, 0.1) is 21.6 Å². The van der Waals surface area contributed by atoms with Crippen LogP contribution < -0.4 is 11.4 Å². The Balaban J connectivity index is 1.67. The van der Waals surface area contributed by atoms with E-state index in [1.165, 1.54) is 15.7 Å². The van der Waals surface area contributed by atoms with Crippen molar-refractivity contribution in [1.29, 1.82) is 0 Å². The maximum absolute atomic E-state index is 13.5. The second-order valence-electron chi connectivity index (χ2n) is 7.37. The molecule has 33 heavy (non-hydrogen) atoms. The Bertz CT molecular complexity index is 1700. The van der Waals surface area contributed by atoms with Gasteiger partial charge in [-0.1, -0.05) is 84.1 Å². The molecule has 3 aromatic carbocycles. The van der Waals surface area contributed by atoms with Crippen LogP contribution in [0.15, 0.2) is 101 Å². The van der Waals surface area contributed by atoms with Crippen LogP contribution in [0, 0.1) is 0 Å². The second kappa shape index (κ2) is 7.61. The van der Waals surface area contributed by atoms with Crippen molar-refractivity contribution in [3.05, 3.63) is 112 Å². The summed E-state index contributed by atoms with van der Waals surface area (Å²) < 4.78 is 3.23. The van der Waals surface area contributed by atoms with E-state index < -0.39 is 11.4 Å². The highest BCUT2D eigenvalue weighted by Gasteiger charge is 2.18. The van der Waals surface area contributed by atoms with Gasteiger partial charge in [-0.3, -0.25) is 0 Å². The van der Waals surface area contributed by atoms with Crippen LogP contribution in [-0.4, -0.2) is 23.9 Å². The van der Waals surface area contributed by atoms with Gasteiger partial charge in [0.15, 0.2) is 0 Å². The van der Waals surface area contributed by atoms with E-state index in [4.69, 9.17) is 0 Å². The first kappa shape index (κ1) is 19.3. The first-order valence-corrected chi connectivity index (χ1v) is 11.0. The van der Waals surface area contributed by atoms with E-state index in [1.54, 1.807) is 0 Å². The molecule has 3 heterocycles. The third-order valence-electron chi connectivity index (χ3n) is 5.32. The quantitative estimate of drug-likeness (QED) is 0.405. The fourth-order valence-corrected chi connectivity index (χ4v) is 4.76. The monoisotopic (exact) mass is 449 g/mol. The van der Waals surface area contributed by atoms with Crippen molar-refractivity contribution in [2.45, 2.75) is 0 Å². The summed E-state index contributed by atoms with van der Waals surface area (Å²) in [6.07, 6.45) is 0. The van der Waals surface area contributed by atoms with Gasteiger partial charge in [-0.05, 0) is 18.2 Å². The van der Waals surface area contributed by atoms with E-state index in [0.29, 0.717) is 21.9 Å². The van der Waals surface area contributed by atoms with E-state index in [9.17, 15) is 9.59 Å². The van der Waals surface area contributed by atoms with Gasteiger partial charge in [0.1, 0.15) is 0 Å². The van der Waals surface area contributed by atoms with Gasteiger partial charge in [-0.25, -0.2) is 24.0 Å². The molecule has 0 aliphatic heterocycles. The highest BCUT2D eigenvalue weighted by atomic mass is 32.1. The zero-order valence-corrected chi connectivity index (χ0v) is 17.9. The number of para-hydroxylation sites is 1. The Hall–Kier alpha value is -4.43. The summed E-state index contributed by atoms with van der Waals surface area (Å²) in [5.41, 5.74) is 2.33. The number of hydrogen-bond acceptors (Lipinski definition) is 6. The number of thiazole rings is 1. The predicted octanol–water partition coefficient (Wildman–Crippen LogP) is 4.18. The Kier molecular flexibility index (Phi) is 4.44. The Labute approximate surface area is 190 Å². The highest BCUT2D eigenvalue weighted by molar-refractivity contribution is 7.23. The Morgan fingerprint density at radius 2 is 1.24 bits per heavy atom. The van der Waals surface area contributed by atoms with Gasteiger partial charge < -0.3 is 0 Å². The standard InChI is InChI=1S/C25H15N5O2S/c31-23-28-24-29(20-13-7-8-14-21(20)33-24)25(32)30(23)22-26-18(16-9-3-1-4-10-16)15-19(27-22)17-11-5-2-6-12-17/h1-15H. The molecular weight excluding hydrogens is 434 g/mol. The minimum absolute atomic E-state index is 0.0117. The maximum Gasteiger partial charge on any atom is 0.361 e. The van der Waals surface area contributed by atoms with Gasteiger partial charge in [-0.2, -0.15) is 9.55 Å². The molecule has 0 atom stereocenters. The van der Waals surface area contributed by atoms with Gasteiger partial charge in [0.25, 0.3) is 0 Å². The van der Waals surface area contributed by atoms with Crippen LogP contribution in [0.3, 0.4) is 0 Å². The number of rotatable bonds is 3. The zero-order valence-electron chi connectivity index (χ0n) is 17.1. The average Bonchev–Trinajstić information content (AvgIpc) is 3.23. The van der Waals surface area contributed by atoms with Crippen molar-refractivity contribution < 1.29 is 0 Å². The van der Waals surface area contributed by atoms with Crippen LogP contribution in [0.4, 0.5) is 0 Å². The smallest absolute Gasteiger partial charge is 0.246 e. The van der Waals surface area contributed by atoms with Crippen LogP contribution in [0.2, 0.25) is 0 Å². The highest BCUT2D eigenvalue weighted by Crippen LogP contribution is 2.25. The molecule has 158 valence electrons. The third kappa shape index (κ3) is 3.24. The van der Waals surface area contributed by atoms with Gasteiger partial charge in [0.2, 0.25) is 10.9 Å². The molecule has 3 aromatic heterocycles. The van der Waals surface area contributed by atoms with Crippen molar-refractivity contribution in [3.63, 3.8) is 0 Å². The molecule has 8 heteroatoms. The number of benzene rings is 3. The van der Waals surface area contributed by atoms with Crippen LogP contribution in [0.1, 0.15) is 0 Å². The number of nitrogens with zero attached hydrogens (tertiary/aromatic N) is 5. The fourth-order valence-electron chi connectivity index (χ4n) is 3.77. The summed E-state index contributed by atoms with van der Waals surface area (Å²) in [5, 5.41) is 0. The lowest BCUT2D eigenvalue weighted by Crippen LogP contribution is -2.38. The molecule has 0 saturated heterocycles. The minimum atomic E-state index is -0.712. The van der Waals surface area contributed by atoms with E-state index in [-0.39, 0.29) is 5.95 Å². The Morgan fingerprint density at radius 1 is 0.667 bits per heavy atom. The van der Waals surface area contributed by atoms with Crippen LogP contribution in [0.25, 0.3) is 43.6 Å². The first-order chi connectivity index (χ1) is 16.2.